The van der Waals surface area contributed by atoms with Crippen LogP contribution in [-0.2, 0) is 6.42 Å². The zero-order valence-corrected chi connectivity index (χ0v) is 14.1. The van der Waals surface area contributed by atoms with Gasteiger partial charge in [-0.25, -0.2) is 0 Å². The number of carbonyl (C=O) groups is 1. The normalized spacial score (nSPS) is 10.5. The molecule has 1 aromatic heterocycles. The Bertz CT molecular complexity index is 827. The van der Waals surface area contributed by atoms with Gasteiger partial charge in [0, 0.05) is 15.6 Å². The summed E-state index contributed by atoms with van der Waals surface area (Å²) in [5.74, 6) is 0.611. The second-order valence-corrected chi connectivity index (χ2v) is 5.85. The molecule has 1 heterocycles. The minimum atomic E-state index is -0.231. The molecule has 0 fully saturated rings. The van der Waals surface area contributed by atoms with Gasteiger partial charge < -0.3 is 0 Å². The maximum atomic E-state index is 12.2. The molecule has 0 bridgehead atoms. The Kier molecular flexibility index (Phi) is 4.52. The van der Waals surface area contributed by atoms with Crippen molar-refractivity contribution in [2.24, 2.45) is 0 Å². The fraction of sp³-hybridized carbons (Fsp3) is 0.118. The van der Waals surface area contributed by atoms with Crippen LogP contribution in [0.4, 0.5) is 5.95 Å². The lowest BCUT2D eigenvalue weighted by Gasteiger charge is -2.02. The highest BCUT2D eigenvalue weighted by molar-refractivity contribution is 9.10. The number of aryl methyl sites for hydroxylation is 1. The van der Waals surface area contributed by atoms with Gasteiger partial charge in [0.15, 0.2) is 5.82 Å². The van der Waals surface area contributed by atoms with Crippen LogP contribution in [0.1, 0.15) is 22.8 Å². The van der Waals surface area contributed by atoms with E-state index in [1.54, 1.807) is 12.1 Å². The monoisotopic (exact) mass is 370 g/mol. The van der Waals surface area contributed by atoms with Crippen LogP contribution in [0.3, 0.4) is 0 Å². The van der Waals surface area contributed by atoms with Gasteiger partial charge in [0.05, 0.1) is 0 Å². The molecule has 0 spiro atoms. The number of aromatic amines is 1. The van der Waals surface area contributed by atoms with Gasteiger partial charge in [0.2, 0.25) is 5.95 Å². The number of amides is 1. The van der Waals surface area contributed by atoms with Gasteiger partial charge in [0.1, 0.15) is 0 Å². The average molecular weight is 371 g/mol. The van der Waals surface area contributed by atoms with Crippen LogP contribution in [-0.4, -0.2) is 21.1 Å². The zero-order chi connectivity index (χ0) is 16.2. The predicted molar refractivity (Wildman–Crippen MR) is 93.3 cm³/mol. The SMILES string of the molecule is CCc1ccc(C(=O)Nc2n[nH]c(-c3ccccc3Br)n2)cc1. The molecule has 0 unspecified atom stereocenters. The molecular formula is C17H15BrN4O. The lowest BCUT2D eigenvalue weighted by atomic mass is 10.1. The van der Waals surface area contributed by atoms with E-state index in [1.165, 1.54) is 5.56 Å². The molecule has 0 radical (unpaired) electrons. The molecule has 23 heavy (non-hydrogen) atoms. The van der Waals surface area contributed by atoms with Gasteiger partial charge >= 0.3 is 0 Å². The van der Waals surface area contributed by atoms with Crippen molar-refractivity contribution in [2.45, 2.75) is 13.3 Å². The molecule has 3 rings (SSSR count). The number of halogens is 1. The molecule has 0 aliphatic heterocycles. The number of carbonyl (C=O) groups excluding carboxylic acids is 1. The smallest absolute Gasteiger partial charge is 0.258 e. The van der Waals surface area contributed by atoms with E-state index in [1.807, 2.05) is 36.4 Å². The predicted octanol–water partition coefficient (Wildman–Crippen LogP) is 4.05. The number of nitrogens with zero attached hydrogens (tertiary/aromatic N) is 2. The van der Waals surface area contributed by atoms with E-state index >= 15 is 0 Å². The summed E-state index contributed by atoms with van der Waals surface area (Å²) in [6, 6.07) is 15.2. The first-order chi connectivity index (χ1) is 11.2. The second-order valence-electron chi connectivity index (χ2n) is 4.99. The summed E-state index contributed by atoms with van der Waals surface area (Å²) in [6.07, 6.45) is 0.943. The molecule has 0 aliphatic carbocycles. The van der Waals surface area contributed by atoms with Crippen molar-refractivity contribution in [3.63, 3.8) is 0 Å². The molecule has 2 aromatic carbocycles. The van der Waals surface area contributed by atoms with E-state index in [0.29, 0.717) is 11.4 Å². The van der Waals surface area contributed by atoms with Crippen molar-refractivity contribution in [2.75, 3.05) is 5.32 Å². The summed E-state index contributed by atoms with van der Waals surface area (Å²) in [5.41, 5.74) is 2.65. The Morgan fingerprint density at radius 3 is 2.61 bits per heavy atom. The van der Waals surface area contributed by atoms with Crippen LogP contribution < -0.4 is 5.32 Å². The Hall–Kier alpha value is -2.47. The molecule has 0 saturated carbocycles. The summed E-state index contributed by atoms with van der Waals surface area (Å²) in [4.78, 5) is 16.5. The molecule has 3 aromatic rings. The van der Waals surface area contributed by atoms with E-state index in [-0.39, 0.29) is 11.9 Å². The fourth-order valence-corrected chi connectivity index (χ4v) is 2.63. The van der Waals surface area contributed by atoms with Gasteiger partial charge in [-0.05, 0) is 30.2 Å². The third kappa shape index (κ3) is 3.48. The van der Waals surface area contributed by atoms with Gasteiger partial charge in [-0.15, -0.1) is 5.10 Å². The van der Waals surface area contributed by atoms with Gasteiger partial charge in [-0.2, -0.15) is 4.98 Å². The van der Waals surface area contributed by atoms with Crippen molar-refractivity contribution in [3.8, 4) is 11.4 Å². The van der Waals surface area contributed by atoms with Crippen molar-refractivity contribution < 1.29 is 4.79 Å². The topological polar surface area (TPSA) is 70.7 Å². The largest absolute Gasteiger partial charge is 0.289 e. The van der Waals surface area contributed by atoms with Gasteiger partial charge in [-0.1, -0.05) is 53.2 Å². The lowest BCUT2D eigenvalue weighted by molar-refractivity contribution is 0.102. The first kappa shape index (κ1) is 15.4. The summed E-state index contributed by atoms with van der Waals surface area (Å²) in [7, 11) is 0. The standard InChI is InChI=1S/C17H15BrN4O/c1-2-11-7-9-12(10-8-11)16(23)20-17-19-15(21-22-17)13-5-3-4-6-14(13)18/h3-10H,2H2,1H3,(H2,19,20,21,22,23). The van der Waals surface area contributed by atoms with E-state index in [9.17, 15) is 4.79 Å². The van der Waals surface area contributed by atoms with Crippen molar-refractivity contribution in [1.29, 1.82) is 0 Å². The van der Waals surface area contributed by atoms with Crippen LogP contribution in [0, 0.1) is 0 Å². The Labute approximate surface area is 142 Å². The number of aromatic nitrogens is 3. The minimum Gasteiger partial charge on any atom is -0.289 e. The van der Waals surface area contributed by atoms with Crippen LogP contribution >= 0.6 is 15.9 Å². The third-order valence-corrected chi connectivity index (χ3v) is 4.16. The van der Waals surface area contributed by atoms with E-state index in [4.69, 9.17) is 0 Å². The van der Waals surface area contributed by atoms with Crippen molar-refractivity contribution in [1.82, 2.24) is 15.2 Å². The lowest BCUT2D eigenvalue weighted by Crippen LogP contribution is -2.12. The summed E-state index contributed by atoms with van der Waals surface area (Å²) < 4.78 is 0.907. The van der Waals surface area contributed by atoms with Gasteiger partial charge in [0.25, 0.3) is 5.91 Å². The number of nitrogens with one attached hydrogen (secondary N) is 2. The number of anilines is 1. The van der Waals surface area contributed by atoms with Crippen LogP contribution in [0.15, 0.2) is 53.0 Å². The highest BCUT2D eigenvalue weighted by Crippen LogP contribution is 2.25. The Balaban J connectivity index is 1.76. The molecule has 6 heteroatoms. The first-order valence-corrected chi connectivity index (χ1v) is 8.04. The van der Waals surface area contributed by atoms with Crippen LogP contribution in [0.25, 0.3) is 11.4 Å². The van der Waals surface area contributed by atoms with E-state index < -0.39 is 0 Å². The number of hydrogen-bond donors (Lipinski definition) is 2. The second kappa shape index (κ2) is 6.75. The number of hydrogen-bond acceptors (Lipinski definition) is 3. The maximum Gasteiger partial charge on any atom is 0.258 e. The van der Waals surface area contributed by atoms with Crippen LogP contribution in [0.5, 0.6) is 0 Å². The Morgan fingerprint density at radius 1 is 1.17 bits per heavy atom. The third-order valence-electron chi connectivity index (χ3n) is 3.46. The van der Waals surface area contributed by atoms with Crippen molar-refractivity contribution in [3.05, 3.63) is 64.1 Å². The van der Waals surface area contributed by atoms with Crippen LogP contribution in [0.2, 0.25) is 0 Å². The fourth-order valence-electron chi connectivity index (χ4n) is 2.16. The molecule has 0 atom stereocenters. The van der Waals surface area contributed by atoms with Crippen molar-refractivity contribution >= 4 is 27.8 Å². The highest BCUT2D eigenvalue weighted by atomic mass is 79.9. The highest BCUT2D eigenvalue weighted by Gasteiger charge is 2.12. The summed E-state index contributed by atoms with van der Waals surface area (Å²) in [5, 5.41) is 9.57. The molecule has 1 amide bonds. The maximum absolute atomic E-state index is 12.2. The summed E-state index contributed by atoms with van der Waals surface area (Å²) in [6.45, 7) is 2.08. The first-order valence-electron chi connectivity index (χ1n) is 7.25. The summed E-state index contributed by atoms with van der Waals surface area (Å²) >= 11 is 3.47. The molecule has 116 valence electrons. The molecule has 5 nitrogen and oxygen atoms in total. The number of H-pyrrole nitrogens is 1. The molecule has 2 N–H and O–H groups in total. The molecule has 0 aliphatic rings. The minimum absolute atomic E-state index is 0.231. The quantitative estimate of drug-likeness (QED) is 0.727. The average Bonchev–Trinajstić information content (AvgIpc) is 3.03. The number of benzene rings is 2. The zero-order valence-electron chi connectivity index (χ0n) is 12.5. The van der Waals surface area contributed by atoms with E-state index in [2.05, 4.69) is 43.4 Å². The van der Waals surface area contributed by atoms with E-state index in [0.717, 1.165) is 16.5 Å². The molecule has 0 saturated heterocycles. The number of rotatable bonds is 4. The Morgan fingerprint density at radius 2 is 1.91 bits per heavy atom. The van der Waals surface area contributed by atoms with Gasteiger partial charge in [-0.3, -0.25) is 15.2 Å². The molecular weight excluding hydrogens is 356 g/mol.